The van der Waals surface area contributed by atoms with Crippen LogP contribution in [0.1, 0.15) is 41.6 Å². The zero-order valence-corrected chi connectivity index (χ0v) is 16.5. The lowest BCUT2D eigenvalue weighted by Gasteiger charge is -2.12. The average Bonchev–Trinajstić information content (AvgIpc) is 3.08. The van der Waals surface area contributed by atoms with E-state index in [1.165, 1.54) is 10.6 Å². The molecule has 2 rings (SSSR count). The molecule has 1 aromatic carbocycles. The second-order valence-electron chi connectivity index (χ2n) is 6.24. The maximum Gasteiger partial charge on any atom is 0.191 e. The van der Waals surface area contributed by atoms with Crippen molar-refractivity contribution in [3.8, 4) is 5.75 Å². The van der Waals surface area contributed by atoms with Crippen LogP contribution in [0.4, 0.5) is 0 Å². The van der Waals surface area contributed by atoms with E-state index >= 15 is 0 Å². The van der Waals surface area contributed by atoms with Crippen LogP contribution in [0.15, 0.2) is 28.6 Å². The molecule has 6 heteroatoms. The van der Waals surface area contributed by atoms with Crippen molar-refractivity contribution >= 4 is 17.3 Å². The van der Waals surface area contributed by atoms with Crippen LogP contribution in [0.3, 0.4) is 0 Å². The smallest absolute Gasteiger partial charge is 0.191 e. The third kappa shape index (κ3) is 5.74. The van der Waals surface area contributed by atoms with Gasteiger partial charge >= 0.3 is 0 Å². The summed E-state index contributed by atoms with van der Waals surface area (Å²) in [6.45, 7) is 7.87. The summed E-state index contributed by atoms with van der Waals surface area (Å²) in [7, 11) is 3.49. The fraction of sp³-hybridized carbons (Fsp3) is 0.474. The highest BCUT2D eigenvalue weighted by Crippen LogP contribution is 2.19. The third-order valence-electron chi connectivity index (χ3n) is 3.90. The SMILES string of the molecule is CN=C(NCCc1ccc(C)c(OC)c1)NCc1csc(C(C)C)n1. The van der Waals surface area contributed by atoms with Gasteiger partial charge in [0.05, 0.1) is 24.4 Å². The lowest BCUT2D eigenvalue weighted by atomic mass is 10.1. The van der Waals surface area contributed by atoms with Crippen LogP contribution in [0.25, 0.3) is 0 Å². The maximum atomic E-state index is 5.38. The van der Waals surface area contributed by atoms with Crippen molar-refractivity contribution in [3.05, 3.63) is 45.4 Å². The van der Waals surface area contributed by atoms with E-state index in [0.717, 1.165) is 35.9 Å². The van der Waals surface area contributed by atoms with Crippen LogP contribution < -0.4 is 15.4 Å². The Morgan fingerprint density at radius 3 is 2.76 bits per heavy atom. The summed E-state index contributed by atoms with van der Waals surface area (Å²) >= 11 is 1.71. The minimum Gasteiger partial charge on any atom is -0.496 e. The molecule has 0 aliphatic heterocycles. The first-order valence-corrected chi connectivity index (χ1v) is 9.43. The first kappa shape index (κ1) is 19.2. The number of aliphatic imine (C=N–C) groups is 1. The van der Waals surface area contributed by atoms with Crippen LogP contribution >= 0.6 is 11.3 Å². The van der Waals surface area contributed by atoms with Gasteiger partial charge in [-0.25, -0.2) is 4.98 Å². The highest BCUT2D eigenvalue weighted by Gasteiger charge is 2.06. The zero-order valence-electron chi connectivity index (χ0n) is 15.7. The quantitative estimate of drug-likeness (QED) is 0.586. The zero-order chi connectivity index (χ0) is 18.2. The lowest BCUT2D eigenvalue weighted by molar-refractivity contribution is 0.411. The summed E-state index contributed by atoms with van der Waals surface area (Å²) in [5.74, 6) is 2.20. The summed E-state index contributed by atoms with van der Waals surface area (Å²) in [5.41, 5.74) is 3.45. The molecule has 0 unspecified atom stereocenters. The first-order valence-electron chi connectivity index (χ1n) is 8.55. The van der Waals surface area contributed by atoms with Gasteiger partial charge in [0.15, 0.2) is 5.96 Å². The largest absolute Gasteiger partial charge is 0.496 e. The van der Waals surface area contributed by atoms with Crippen molar-refractivity contribution < 1.29 is 4.74 Å². The molecule has 0 aliphatic rings. The Morgan fingerprint density at radius 2 is 2.12 bits per heavy atom. The van der Waals surface area contributed by atoms with Gasteiger partial charge in [-0.15, -0.1) is 11.3 Å². The predicted octanol–water partition coefficient (Wildman–Crippen LogP) is 3.49. The summed E-state index contributed by atoms with van der Waals surface area (Å²) in [4.78, 5) is 8.90. The molecule has 0 aliphatic carbocycles. The van der Waals surface area contributed by atoms with Crippen LogP contribution in [0.5, 0.6) is 5.75 Å². The van der Waals surface area contributed by atoms with Gasteiger partial charge in [0.2, 0.25) is 0 Å². The number of thiazole rings is 1. The number of nitrogens with one attached hydrogen (secondary N) is 2. The van der Waals surface area contributed by atoms with E-state index in [2.05, 4.69) is 65.0 Å². The fourth-order valence-electron chi connectivity index (χ4n) is 2.41. The van der Waals surface area contributed by atoms with Gasteiger partial charge in [-0.1, -0.05) is 26.0 Å². The van der Waals surface area contributed by atoms with Crippen molar-refractivity contribution in [1.29, 1.82) is 0 Å². The molecule has 1 heterocycles. The van der Waals surface area contributed by atoms with E-state index < -0.39 is 0 Å². The van der Waals surface area contributed by atoms with Crippen molar-refractivity contribution in [1.82, 2.24) is 15.6 Å². The van der Waals surface area contributed by atoms with Crippen molar-refractivity contribution in [2.75, 3.05) is 20.7 Å². The Bertz CT molecular complexity index is 709. The Balaban J connectivity index is 1.80. The second-order valence-corrected chi connectivity index (χ2v) is 7.13. The second kappa shape index (κ2) is 9.42. The molecule has 0 radical (unpaired) electrons. The topological polar surface area (TPSA) is 58.5 Å². The Kier molecular flexibility index (Phi) is 7.25. The number of hydrogen-bond donors (Lipinski definition) is 2. The molecule has 2 N–H and O–H groups in total. The molecular formula is C19H28N4OS. The number of methoxy groups -OCH3 is 1. The minimum atomic E-state index is 0.475. The number of guanidine groups is 1. The Labute approximate surface area is 154 Å². The van der Waals surface area contributed by atoms with E-state index in [-0.39, 0.29) is 0 Å². The number of nitrogens with zero attached hydrogens (tertiary/aromatic N) is 2. The number of hydrogen-bond acceptors (Lipinski definition) is 4. The summed E-state index contributed by atoms with van der Waals surface area (Å²) < 4.78 is 5.38. The number of aryl methyl sites for hydroxylation is 1. The number of aromatic nitrogens is 1. The van der Waals surface area contributed by atoms with Crippen molar-refractivity contribution in [2.45, 2.75) is 39.7 Å². The Hall–Kier alpha value is -2.08. The minimum absolute atomic E-state index is 0.475. The highest BCUT2D eigenvalue weighted by atomic mass is 32.1. The molecule has 0 saturated heterocycles. The first-order chi connectivity index (χ1) is 12.0. The number of rotatable bonds is 7. The lowest BCUT2D eigenvalue weighted by Crippen LogP contribution is -2.37. The monoisotopic (exact) mass is 360 g/mol. The maximum absolute atomic E-state index is 5.38. The van der Waals surface area contributed by atoms with Gasteiger partial charge < -0.3 is 15.4 Å². The molecule has 0 fully saturated rings. The highest BCUT2D eigenvalue weighted by molar-refractivity contribution is 7.09. The molecule has 5 nitrogen and oxygen atoms in total. The summed E-state index contributed by atoms with van der Waals surface area (Å²) in [6, 6.07) is 6.32. The van der Waals surface area contributed by atoms with Crippen LogP contribution in [-0.4, -0.2) is 31.6 Å². The summed E-state index contributed by atoms with van der Waals surface area (Å²) in [5, 5.41) is 9.94. The van der Waals surface area contributed by atoms with E-state index in [9.17, 15) is 0 Å². The molecule has 136 valence electrons. The molecule has 0 spiro atoms. The molecular weight excluding hydrogens is 332 g/mol. The van der Waals surface area contributed by atoms with Crippen LogP contribution in [0.2, 0.25) is 0 Å². The molecule has 0 saturated carbocycles. The fourth-order valence-corrected chi connectivity index (χ4v) is 3.24. The van der Waals surface area contributed by atoms with Crippen molar-refractivity contribution in [2.24, 2.45) is 4.99 Å². The normalized spacial score (nSPS) is 11.7. The molecule has 1 aromatic heterocycles. The van der Waals surface area contributed by atoms with Gasteiger partial charge in [0.25, 0.3) is 0 Å². The van der Waals surface area contributed by atoms with E-state index in [4.69, 9.17) is 4.74 Å². The summed E-state index contributed by atoms with van der Waals surface area (Å²) in [6.07, 6.45) is 0.908. The molecule has 25 heavy (non-hydrogen) atoms. The van der Waals surface area contributed by atoms with E-state index in [1.807, 2.05) is 0 Å². The molecule has 0 bridgehead atoms. The molecule has 2 aromatic rings. The Morgan fingerprint density at radius 1 is 1.32 bits per heavy atom. The average molecular weight is 361 g/mol. The third-order valence-corrected chi connectivity index (χ3v) is 5.10. The number of ether oxygens (including phenoxy) is 1. The van der Waals surface area contributed by atoms with Crippen LogP contribution in [-0.2, 0) is 13.0 Å². The molecule has 0 amide bonds. The van der Waals surface area contributed by atoms with Gasteiger partial charge in [0.1, 0.15) is 5.75 Å². The predicted molar refractivity (Wildman–Crippen MR) is 106 cm³/mol. The van der Waals surface area contributed by atoms with Crippen molar-refractivity contribution in [3.63, 3.8) is 0 Å². The molecule has 0 atom stereocenters. The van der Waals surface area contributed by atoms with Gasteiger partial charge in [-0.3, -0.25) is 4.99 Å². The number of benzene rings is 1. The van der Waals surface area contributed by atoms with Crippen LogP contribution in [0, 0.1) is 6.92 Å². The van der Waals surface area contributed by atoms with Gasteiger partial charge in [-0.2, -0.15) is 0 Å². The van der Waals surface area contributed by atoms with Gasteiger partial charge in [-0.05, 0) is 30.5 Å². The van der Waals surface area contributed by atoms with Gasteiger partial charge in [0, 0.05) is 24.9 Å². The van der Waals surface area contributed by atoms with E-state index in [1.54, 1.807) is 25.5 Å². The van der Waals surface area contributed by atoms with E-state index in [0.29, 0.717) is 12.5 Å². The standard InChI is InChI=1S/C19H28N4OS/c1-13(2)18-23-16(12-25-18)11-22-19(20-4)21-9-8-15-7-6-14(3)17(10-15)24-5/h6-7,10,12-13H,8-9,11H2,1-5H3,(H2,20,21,22).